The van der Waals surface area contributed by atoms with E-state index < -0.39 is 0 Å². The number of rotatable bonds is 1. The van der Waals surface area contributed by atoms with Crippen molar-refractivity contribution < 1.29 is 5.11 Å². The lowest BCUT2D eigenvalue weighted by atomic mass is 9.75. The predicted octanol–water partition coefficient (Wildman–Crippen LogP) is 2.44. The minimum Gasteiger partial charge on any atom is -0.393 e. The van der Waals surface area contributed by atoms with Gasteiger partial charge in [0.2, 0.25) is 0 Å². The molecular formula is C10H20O. The Morgan fingerprint density at radius 3 is 2.36 bits per heavy atom. The summed E-state index contributed by atoms with van der Waals surface area (Å²) in [7, 11) is 0. The molecule has 0 bridgehead atoms. The highest BCUT2D eigenvalue weighted by Gasteiger charge is 2.28. The number of aliphatic hydroxyl groups is 1. The molecule has 1 N–H and O–H groups in total. The SMILES string of the molecule is CC(C)[C@@H]1C[C@H](C)CCC1O. The molecule has 1 aliphatic rings. The van der Waals surface area contributed by atoms with E-state index in [0.29, 0.717) is 11.8 Å². The van der Waals surface area contributed by atoms with Crippen LogP contribution in [0.1, 0.15) is 40.0 Å². The highest BCUT2D eigenvalue weighted by Crippen LogP contribution is 2.33. The topological polar surface area (TPSA) is 20.2 Å². The maximum absolute atomic E-state index is 9.66. The molecule has 0 aliphatic heterocycles. The van der Waals surface area contributed by atoms with E-state index in [2.05, 4.69) is 20.8 Å². The second kappa shape index (κ2) is 3.57. The van der Waals surface area contributed by atoms with Crippen molar-refractivity contribution in [1.82, 2.24) is 0 Å². The average molecular weight is 156 g/mol. The lowest BCUT2D eigenvalue weighted by molar-refractivity contribution is 0.0283. The van der Waals surface area contributed by atoms with E-state index in [1.807, 2.05) is 0 Å². The van der Waals surface area contributed by atoms with E-state index in [9.17, 15) is 5.11 Å². The van der Waals surface area contributed by atoms with Crippen molar-refractivity contribution in [3.63, 3.8) is 0 Å². The van der Waals surface area contributed by atoms with E-state index >= 15 is 0 Å². The fourth-order valence-corrected chi connectivity index (χ4v) is 2.13. The molecule has 0 spiro atoms. The Morgan fingerprint density at radius 1 is 1.27 bits per heavy atom. The number of hydrogen-bond acceptors (Lipinski definition) is 1. The molecule has 0 heterocycles. The Labute approximate surface area is 69.8 Å². The summed E-state index contributed by atoms with van der Waals surface area (Å²) < 4.78 is 0. The molecule has 0 saturated heterocycles. The van der Waals surface area contributed by atoms with Crippen LogP contribution in [-0.4, -0.2) is 11.2 Å². The van der Waals surface area contributed by atoms with Gasteiger partial charge in [0.15, 0.2) is 0 Å². The van der Waals surface area contributed by atoms with Crippen LogP contribution in [0.25, 0.3) is 0 Å². The molecule has 1 heteroatoms. The van der Waals surface area contributed by atoms with Crippen molar-refractivity contribution in [3.05, 3.63) is 0 Å². The first kappa shape index (κ1) is 9.05. The van der Waals surface area contributed by atoms with Crippen molar-refractivity contribution in [2.24, 2.45) is 17.8 Å². The summed E-state index contributed by atoms with van der Waals surface area (Å²) in [5.41, 5.74) is 0. The van der Waals surface area contributed by atoms with Crippen molar-refractivity contribution in [2.45, 2.75) is 46.1 Å². The maximum Gasteiger partial charge on any atom is 0.0571 e. The van der Waals surface area contributed by atoms with Gasteiger partial charge in [0, 0.05) is 0 Å². The van der Waals surface area contributed by atoms with Gasteiger partial charge < -0.3 is 5.11 Å². The Balaban J connectivity index is 2.47. The zero-order valence-electron chi connectivity index (χ0n) is 7.88. The third kappa shape index (κ3) is 2.19. The van der Waals surface area contributed by atoms with Gasteiger partial charge in [0.05, 0.1) is 6.10 Å². The summed E-state index contributed by atoms with van der Waals surface area (Å²) in [6.45, 7) is 6.72. The summed E-state index contributed by atoms with van der Waals surface area (Å²) >= 11 is 0. The van der Waals surface area contributed by atoms with Gasteiger partial charge in [-0.2, -0.15) is 0 Å². The molecule has 0 amide bonds. The van der Waals surface area contributed by atoms with E-state index in [0.717, 1.165) is 12.3 Å². The molecule has 3 atom stereocenters. The summed E-state index contributed by atoms with van der Waals surface area (Å²) in [5, 5.41) is 9.66. The van der Waals surface area contributed by atoms with Gasteiger partial charge in [-0.05, 0) is 37.0 Å². The summed E-state index contributed by atoms with van der Waals surface area (Å²) in [5.74, 6) is 2.03. The first-order chi connectivity index (χ1) is 5.11. The number of aliphatic hydroxyl groups excluding tert-OH is 1. The van der Waals surface area contributed by atoms with E-state index in [-0.39, 0.29) is 6.10 Å². The summed E-state index contributed by atoms with van der Waals surface area (Å²) in [6.07, 6.45) is 3.43. The molecule has 1 nitrogen and oxygen atoms in total. The van der Waals surface area contributed by atoms with E-state index in [4.69, 9.17) is 0 Å². The first-order valence-electron chi connectivity index (χ1n) is 4.79. The molecule has 66 valence electrons. The zero-order valence-corrected chi connectivity index (χ0v) is 7.88. The Hall–Kier alpha value is -0.0400. The molecule has 1 unspecified atom stereocenters. The monoisotopic (exact) mass is 156 g/mol. The van der Waals surface area contributed by atoms with Crippen LogP contribution in [0.4, 0.5) is 0 Å². The van der Waals surface area contributed by atoms with Crippen molar-refractivity contribution >= 4 is 0 Å². The first-order valence-corrected chi connectivity index (χ1v) is 4.79. The van der Waals surface area contributed by atoms with Crippen LogP contribution >= 0.6 is 0 Å². The summed E-state index contributed by atoms with van der Waals surface area (Å²) in [4.78, 5) is 0. The molecule has 0 aromatic carbocycles. The van der Waals surface area contributed by atoms with Crippen LogP contribution in [0, 0.1) is 17.8 Å². The molecule has 1 saturated carbocycles. The Kier molecular flexibility index (Phi) is 2.94. The average Bonchev–Trinajstić information content (AvgIpc) is 1.94. The third-order valence-electron chi connectivity index (χ3n) is 2.98. The van der Waals surface area contributed by atoms with Gasteiger partial charge >= 0.3 is 0 Å². The molecule has 0 aromatic heterocycles. The quantitative estimate of drug-likeness (QED) is 0.618. The molecule has 1 fully saturated rings. The molecule has 1 rings (SSSR count). The Morgan fingerprint density at radius 2 is 1.91 bits per heavy atom. The van der Waals surface area contributed by atoms with Crippen LogP contribution < -0.4 is 0 Å². The highest BCUT2D eigenvalue weighted by molar-refractivity contribution is 4.79. The fraction of sp³-hybridized carbons (Fsp3) is 1.00. The zero-order chi connectivity index (χ0) is 8.43. The van der Waals surface area contributed by atoms with Gasteiger partial charge in [0.1, 0.15) is 0 Å². The normalized spacial score (nSPS) is 39.5. The minimum absolute atomic E-state index is 0.0220. The van der Waals surface area contributed by atoms with Gasteiger partial charge in [-0.25, -0.2) is 0 Å². The maximum atomic E-state index is 9.66. The van der Waals surface area contributed by atoms with Crippen LogP contribution in [0.5, 0.6) is 0 Å². The standard InChI is InChI=1S/C10H20O/c1-7(2)9-6-8(3)4-5-10(9)11/h7-11H,4-6H2,1-3H3/t8-,9+,10?/m1/s1. The highest BCUT2D eigenvalue weighted by atomic mass is 16.3. The molecule has 0 aromatic rings. The molecule has 11 heavy (non-hydrogen) atoms. The summed E-state index contributed by atoms with van der Waals surface area (Å²) in [6, 6.07) is 0. The van der Waals surface area contributed by atoms with Gasteiger partial charge in [-0.1, -0.05) is 20.8 Å². The van der Waals surface area contributed by atoms with Gasteiger partial charge in [0.25, 0.3) is 0 Å². The predicted molar refractivity (Wildman–Crippen MR) is 47.3 cm³/mol. The van der Waals surface area contributed by atoms with Crippen LogP contribution in [-0.2, 0) is 0 Å². The van der Waals surface area contributed by atoms with Crippen molar-refractivity contribution in [1.29, 1.82) is 0 Å². The molecule has 1 aliphatic carbocycles. The van der Waals surface area contributed by atoms with Gasteiger partial charge in [-0.15, -0.1) is 0 Å². The second-order valence-corrected chi connectivity index (χ2v) is 4.39. The van der Waals surface area contributed by atoms with Crippen LogP contribution in [0.15, 0.2) is 0 Å². The minimum atomic E-state index is -0.0220. The third-order valence-corrected chi connectivity index (χ3v) is 2.98. The van der Waals surface area contributed by atoms with Crippen molar-refractivity contribution in [2.75, 3.05) is 0 Å². The van der Waals surface area contributed by atoms with E-state index in [1.54, 1.807) is 0 Å². The smallest absolute Gasteiger partial charge is 0.0571 e. The number of hydrogen-bond donors (Lipinski definition) is 1. The largest absolute Gasteiger partial charge is 0.393 e. The van der Waals surface area contributed by atoms with Crippen LogP contribution in [0.3, 0.4) is 0 Å². The second-order valence-electron chi connectivity index (χ2n) is 4.39. The van der Waals surface area contributed by atoms with Gasteiger partial charge in [-0.3, -0.25) is 0 Å². The Bertz CT molecular complexity index is 120. The van der Waals surface area contributed by atoms with E-state index in [1.165, 1.54) is 12.8 Å². The van der Waals surface area contributed by atoms with Crippen molar-refractivity contribution in [3.8, 4) is 0 Å². The lowest BCUT2D eigenvalue weighted by Gasteiger charge is -2.34. The fourth-order valence-electron chi connectivity index (χ4n) is 2.13. The lowest BCUT2D eigenvalue weighted by Crippen LogP contribution is -2.31. The molecular weight excluding hydrogens is 136 g/mol. The molecule has 0 radical (unpaired) electrons. The van der Waals surface area contributed by atoms with Crippen LogP contribution in [0.2, 0.25) is 0 Å².